The summed E-state index contributed by atoms with van der Waals surface area (Å²) in [6.07, 6.45) is 0. The molecule has 0 unspecified atom stereocenters. The molecule has 4 aromatic heterocycles. The molecule has 16 aromatic carbocycles. The van der Waals surface area contributed by atoms with Crippen LogP contribution in [-0.2, 0) is 10.8 Å². The first kappa shape index (κ1) is 65.4. The first-order valence-electron chi connectivity index (χ1n) is 37.9. The lowest BCUT2D eigenvalue weighted by Gasteiger charge is -2.33. The van der Waals surface area contributed by atoms with Gasteiger partial charge in [-0.1, -0.05) is 358 Å². The molecular weight excluding hydrogens is 1370 g/mol. The number of hydrogen-bond acceptors (Lipinski definition) is 8. The monoisotopic (exact) mass is 1430 g/mol. The topological polar surface area (TPSA) is 104 Å². The molecule has 2 aliphatic rings. The van der Waals surface area contributed by atoms with Gasteiger partial charge in [-0.2, -0.15) is 0 Å². The van der Waals surface area contributed by atoms with Crippen molar-refractivity contribution in [2.24, 2.45) is 0 Å². The van der Waals surface area contributed by atoms with Crippen LogP contribution in [0, 0.1) is 0 Å². The third-order valence-electron chi connectivity index (χ3n) is 22.5. The van der Waals surface area contributed by atoms with Crippen LogP contribution in [-0.4, -0.2) is 29.9 Å². The maximum Gasteiger partial charge on any atom is 0.164 e. The molecule has 8 heteroatoms. The molecule has 20 aromatic rings. The van der Waals surface area contributed by atoms with E-state index < -0.39 is 10.8 Å². The molecular formula is C104H66N6O2. The van der Waals surface area contributed by atoms with E-state index in [-0.39, 0.29) is 0 Å². The molecule has 0 saturated carbocycles. The molecule has 0 bridgehead atoms. The van der Waals surface area contributed by atoms with E-state index in [1.165, 1.54) is 66.8 Å². The molecule has 0 atom stereocenters. The van der Waals surface area contributed by atoms with E-state index in [1.807, 2.05) is 121 Å². The minimum atomic E-state index is -0.483. The normalized spacial score (nSPS) is 12.8. The van der Waals surface area contributed by atoms with E-state index in [4.69, 9.17) is 38.7 Å². The largest absolute Gasteiger partial charge is 0.456 e. The summed E-state index contributed by atoms with van der Waals surface area (Å²) < 4.78 is 13.3. The van der Waals surface area contributed by atoms with Crippen LogP contribution in [0.2, 0.25) is 0 Å². The molecule has 4 heterocycles. The van der Waals surface area contributed by atoms with Gasteiger partial charge in [-0.15, -0.1) is 0 Å². The Bertz CT molecular complexity index is 6780. The highest BCUT2D eigenvalue weighted by Gasteiger charge is 2.48. The summed E-state index contributed by atoms with van der Waals surface area (Å²) in [4.78, 5) is 29.5. The number of aromatic nitrogens is 6. The van der Waals surface area contributed by atoms with Crippen LogP contribution >= 0.6 is 0 Å². The summed E-state index contributed by atoms with van der Waals surface area (Å²) in [6, 6.07) is 141. The molecule has 112 heavy (non-hydrogen) atoms. The number of fused-ring (bicyclic) bond motifs is 12. The third kappa shape index (κ3) is 11.0. The Morgan fingerprint density at radius 2 is 0.429 bits per heavy atom. The Hall–Kier alpha value is -14.9. The SMILES string of the molecule is c1ccc(-c2nc(-c3ccccc3)nc(-c3ccc(-c4ccc5oc6cc(C7(c8ccccc8)c8ccccc8-c8ccccc87)ccc6c5c4)cc3)n2)cc1.c1ccc(-c2nc(-c3ccccc3)nc(-c3cccc(-c4ccc5oc6cc(C7(c8ccccc8)c8ccccc8-c8ccccc87)ccc6c5c4)c3)n2)cc1. The predicted octanol–water partition coefficient (Wildman–Crippen LogP) is 25.6. The molecule has 22 rings (SSSR count). The maximum absolute atomic E-state index is 6.68. The second-order valence-corrected chi connectivity index (χ2v) is 28.7. The van der Waals surface area contributed by atoms with E-state index in [0.717, 1.165) is 99.5 Å². The molecule has 8 nitrogen and oxygen atoms in total. The first-order chi connectivity index (χ1) is 55.5. The van der Waals surface area contributed by atoms with Crippen molar-refractivity contribution in [3.8, 4) is 113 Å². The van der Waals surface area contributed by atoms with Gasteiger partial charge in [-0.25, -0.2) is 29.9 Å². The Morgan fingerprint density at radius 3 is 0.795 bits per heavy atom. The Balaban J connectivity index is 0.000000141. The van der Waals surface area contributed by atoms with Crippen LogP contribution in [0.25, 0.3) is 157 Å². The molecule has 0 N–H and O–H groups in total. The first-order valence-corrected chi connectivity index (χ1v) is 37.9. The van der Waals surface area contributed by atoms with Gasteiger partial charge in [-0.05, 0) is 131 Å². The van der Waals surface area contributed by atoms with Gasteiger partial charge < -0.3 is 8.83 Å². The number of benzene rings is 16. The summed E-state index contributed by atoms with van der Waals surface area (Å²) in [6.45, 7) is 0. The Labute approximate surface area is 647 Å². The number of rotatable bonds is 12. The molecule has 2 aliphatic carbocycles. The van der Waals surface area contributed by atoms with Crippen molar-refractivity contribution in [2.45, 2.75) is 10.8 Å². The third-order valence-corrected chi connectivity index (χ3v) is 22.5. The van der Waals surface area contributed by atoms with E-state index in [0.29, 0.717) is 34.9 Å². The predicted molar refractivity (Wildman–Crippen MR) is 452 cm³/mol. The zero-order valence-electron chi connectivity index (χ0n) is 60.6. The minimum absolute atomic E-state index is 0.475. The van der Waals surface area contributed by atoms with E-state index >= 15 is 0 Å². The van der Waals surface area contributed by atoms with Crippen molar-refractivity contribution in [3.05, 3.63) is 445 Å². The highest BCUT2D eigenvalue weighted by Crippen LogP contribution is 2.58. The van der Waals surface area contributed by atoms with E-state index in [1.54, 1.807) is 0 Å². The Morgan fingerprint density at radius 1 is 0.161 bits per heavy atom. The molecule has 0 radical (unpaired) electrons. The highest BCUT2D eigenvalue weighted by molar-refractivity contribution is 6.08. The number of hydrogen-bond donors (Lipinski definition) is 0. The van der Waals surface area contributed by atoms with Gasteiger partial charge >= 0.3 is 0 Å². The lowest BCUT2D eigenvalue weighted by atomic mass is 9.67. The average Bonchev–Trinajstić information content (AvgIpc) is 1.54. The van der Waals surface area contributed by atoms with Crippen LogP contribution in [0.4, 0.5) is 0 Å². The van der Waals surface area contributed by atoms with Crippen molar-refractivity contribution in [1.82, 2.24) is 29.9 Å². The highest BCUT2D eigenvalue weighted by atomic mass is 16.3. The van der Waals surface area contributed by atoms with Gasteiger partial charge in [-0.3, -0.25) is 0 Å². The van der Waals surface area contributed by atoms with Crippen LogP contribution in [0.15, 0.2) is 409 Å². The van der Waals surface area contributed by atoms with Gasteiger partial charge in [0.2, 0.25) is 0 Å². The minimum Gasteiger partial charge on any atom is -0.456 e. The Kier molecular flexibility index (Phi) is 15.8. The second-order valence-electron chi connectivity index (χ2n) is 28.7. The fraction of sp³-hybridized carbons (Fsp3) is 0.0192. The lowest BCUT2D eigenvalue weighted by molar-refractivity contribution is 0.665. The quantitative estimate of drug-likeness (QED) is 0.119. The second kappa shape index (κ2) is 27.1. The van der Waals surface area contributed by atoms with Gasteiger partial charge in [0, 0.05) is 54.9 Å². The van der Waals surface area contributed by atoms with Crippen LogP contribution in [0.1, 0.15) is 44.5 Å². The van der Waals surface area contributed by atoms with Gasteiger partial charge in [0.05, 0.1) is 10.8 Å². The van der Waals surface area contributed by atoms with Crippen LogP contribution in [0.3, 0.4) is 0 Å². The molecule has 0 aliphatic heterocycles. The average molecular weight is 1430 g/mol. The lowest BCUT2D eigenvalue weighted by Crippen LogP contribution is -2.28. The van der Waals surface area contributed by atoms with Gasteiger partial charge in [0.25, 0.3) is 0 Å². The van der Waals surface area contributed by atoms with Crippen LogP contribution in [0.5, 0.6) is 0 Å². The van der Waals surface area contributed by atoms with Crippen molar-refractivity contribution < 1.29 is 8.83 Å². The van der Waals surface area contributed by atoms with Crippen molar-refractivity contribution in [3.63, 3.8) is 0 Å². The van der Waals surface area contributed by atoms with Crippen LogP contribution < -0.4 is 0 Å². The standard InChI is InChI=1S/2C52H33N3O/c1-4-15-34(16-5-1)49-53-50(35-17-6-2-7-18-35)55-51(54-49)38-20-14-19-36(31-38)37-27-30-47-44(32-37)43-29-28-40(33-48(43)56-47)52(39-21-8-3-9-22-39)45-25-12-10-23-41(45)42-24-11-13-26-46(42)52;1-4-14-35(15-5-1)49-53-50(36-16-6-2-7-17-36)55-51(54-49)37-26-24-34(25-27-37)38-28-31-47-44(32-38)43-30-29-40(33-48(43)56-47)52(39-18-8-3-9-19-39)45-22-12-10-20-41(45)42-21-11-13-23-46(42)52/h2*1-33H. The molecule has 524 valence electrons. The number of furan rings is 2. The van der Waals surface area contributed by atoms with Gasteiger partial charge in [0.15, 0.2) is 34.9 Å². The zero-order valence-corrected chi connectivity index (χ0v) is 60.6. The fourth-order valence-corrected chi connectivity index (χ4v) is 17.3. The van der Waals surface area contributed by atoms with Gasteiger partial charge in [0.1, 0.15) is 22.3 Å². The van der Waals surface area contributed by atoms with Crippen molar-refractivity contribution in [2.75, 3.05) is 0 Å². The maximum atomic E-state index is 6.68. The molecule has 0 amide bonds. The zero-order chi connectivity index (χ0) is 74.1. The van der Waals surface area contributed by atoms with E-state index in [9.17, 15) is 0 Å². The number of nitrogens with zero attached hydrogens (tertiary/aromatic N) is 6. The summed E-state index contributed by atoms with van der Waals surface area (Å²) in [5, 5.41) is 4.35. The summed E-state index contributed by atoms with van der Waals surface area (Å²) in [5.74, 6) is 3.85. The summed E-state index contributed by atoms with van der Waals surface area (Å²) in [7, 11) is 0. The molecule has 0 saturated heterocycles. The molecule has 0 fully saturated rings. The van der Waals surface area contributed by atoms with Crippen molar-refractivity contribution in [1.29, 1.82) is 0 Å². The fourth-order valence-electron chi connectivity index (χ4n) is 17.3. The summed E-state index contributed by atoms with van der Waals surface area (Å²) in [5.41, 5.74) is 27.6. The molecule has 0 spiro atoms. The summed E-state index contributed by atoms with van der Waals surface area (Å²) >= 11 is 0. The van der Waals surface area contributed by atoms with E-state index in [2.05, 4.69) is 279 Å². The van der Waals surface area contributed by atoms with Crippen molar-refractivity contribution >= 4 is 43.9 Å². The smallest absolute Gasteiger partial charge is 0.164 e.